The highest BCUT2D eigenvalue weighted by atomic mass is 79.9. The fourth-order valence-electron chi connectivity index (χ4n) is 2.01. The molecule has 0 amide bonds. The zero-order chi connectivity index (χ0) is 13.9. The monoisotopic (exact) mass is 347 g/mol. The summed E-state index contributed by atoms with van der Waals surface area (Å²) < 4.78 is 1.12. The van der Waals surface area contributed by atoms with Crippen LogP contribution in [0.4, 0.5) is 0 Å². The molecular formula is C15H14BrN3S. The Labute approximate surface area is 130 Å². The van der Waals surface area contributed by atoms with Crippen LogP contribution in [0.3, 0.4) is 0 Å². The van der Waals surface area contributed by atoms with Crippen molar-refractivity contribution in [3.05, 3.63) is 52.5 Å². The molecular weight excluding hydrogens is 334 g/mol. The number of H-pyrrole nitrogens is 1. The molecule has 1 aromatic heterocycles. The maximum atomic E-state index is 4.58. The topological polar surface area (TPSA) is 40.7 Å². The Kier molecular flexibility index (Phi) is 4.10. The van der Waals surface area contributed by atoms with E-state index in [0.717, 1.165) is 32.1 Å². The van der Waals surface area contributed by atoms with Gasteiger partial charge in [-0.1, -0.05) is 45.9 Å². The summed E-state index contributed by atoms with van der Waals surface area (Å²) in [6.45, 7) is 0.857. The summed E-state index contributed by atoms with van der Waals surface area (Å²) in [6.07, 6.45) is 0. The van der Waals surface area contributed by atoms with Gasteiger partial charge in [0.05, 0.1) is 11.0 Å². The molecule has 0 saturated carbocycles. The van der Waals surface area contributed by atoms with E-state index in [9.17, 15) is 0 Å². The summed E-state index contributed by atoms with van der Waals surface area (Å²) in [7, 11) is 1.95. The van der Waals surface area contributed by atoms with E-state index in [1.54, 1.807) is 11.8 Å². The van der Waals surface area contributed by atoms with Gasteiger partial charge in [0.2, 0.25) is 0 Å². The summed E-state index contributed by atoms with van der Waals surface area (Å²) in [4.78, 5) is 9.07. The maximum absolute atomic E-state index is 4.58. The van der Waals surface area contributed by atoms with Crippen LogP contribution in [-0.4, -0.2) is 17.0 Å². The predicted molar refractivity (Wildman–Crippen MR) is 87.1 cm³/mol. The number of halogens is 1. The summed E-state index contributed by atoms with van der Waals surface area (Å²) in [5.74, 6) is 0. The van der Waals surface area contributed by atoms with Crippen molar-refractivity contribution in [1.82, 2.24) is 15.3 Å². The number of nitrogens with one attached hydrogen (secondary N) is 2. The number of hydrogen-bond donors (Lipinski definition) is 2. The van der Waals surface area contributed by atoms with Gasteiger partial charge in [-0.2, -0.15) is 0 Å². The minimum absolute atomic E-state index is 0.857. The smallest absolute Gasteiger partial charge is 0.171 e. The average Bonchev–Trinajstić information content (AvgIpc) is 2.84. The number of rotatable bonds is 4. The molecule has 2 aromatic carbocycles. The number of hydrogen-bond acceptors (Lipinski definition) is 3. The molecule has 3 aromatic rings. The lowest BCUT2D eigenvalue weighted by Gasteiger charge is -2.05. The van der Waals surface area contributed by atoms with Gasteiger partial charge in [0, 0.05) is 15.9 Å². The van der Waals surface area contributed by atoms with Crippen molar-refractivity contribution in [2.75, 3.05) is 7.05 Å². The fourth-order valence-corrected chi connectivity index (χ4v) is 3.53. The lowest BCUT2D eigenvalue weighted by atomic mass is 10.2. The third-order valence-corrected chi connectivity index (χ3v) is 4.59. The first-order chi connectivity index (χ1) is 9.76. The third kappa shape index (κ3) is 2.90. The van der Waals surface area contributed by atoms with Crippen molar-refractivity contribution in [3.63, 3.8) is 0 Å². The van der Waals surface area contributed by atoms with Gasteiger partial charge in [-0.05, 0) is 36.9 Å². The van der Waals surface area contributed by atoms with E-state index in [4.69, 9.17) is 0 Å². The van der Waals surface area contributed by atoms with Gasteiger partial charge in [-0.3, -0.25) is 0 Å². The predicted octanol–water partition coefficient (Wildman–Crippen LogP) is 4.20. The minimum Gasteiger partial charge on any atom is -0.333 e. The third-order valence-electron chi connectivity index (χ3n) is 2.97. The van der Waals surface area contributed by atoms with Crippen LogP contribution in [0.5, 0.6) is 0 Å². The maximum Gasteiger partial charge on any atom is 0.171 e. The molecule has 0 bridgehead atoms. The van der Waals surface area contributed by atoms with E-state index in [2.05, 4.69) is 49.4 Å². The van der Waals surface area contributed by atoms with Gasteiger partial charge in [0.25, 0.3) is 0 Å². The van der Waals surface area contributed by atoms with Gasteiger partial charge >= 0.3 is 0 Å². The lowest BCUT2D eigenvalue weighted by Crippen LogP contribution is -2.05. The van der Waals surface area contributed by atoms with Crippen LogP contribution < -0.4 is 5.32 Å². The van der Waals surface area contributed by atoms with Crippen LogP contribution >= 0.6 is 27.7 Å². The standard InChI is InChI=1S/C15H14BrN3S/c1-17-9-10-6-7-11(8-12(10)16)20-15-18-13-4-2-3-5-14(13)19-15/h2-8,17H,9H2,1H3,(H,18,19). The SMILES string of the molecule is CNCc1ccc(Sc2nc3ccccc3[nH]2)cc1Br. The van der Waals surface area contributed by atoms with Gasteiger partial charge in [-0.15, -0.1) is 0 Å². The number of nitrogens with zero attached hydrogens (tertiary/aromatic N) is 1. The molecule has 102 valence electrons. The molecule has 0 aliphatic rings. The molecule has 0 atom stereocenters. The van der Waals surface area contributed by atoms with Gasteiger partial charge in [0.15, 0.2) is 5.16 Å². The zero-order valence-corrected chi connectivity index (χ0v) is 13.4. The minimum atomic E-state index is 0.857. The molecule has 2 N–H and O–H groups in total. The van der Waals surface area contributed by atoms with Crippen molar-refractivity contribution in [1.29, 1.82) is 0 Å². The first-order valence-corrected chi connectivity index (χ1v) is 7.93. The molecule has 0 spiro atoms. The van der Waals surface area contributed by atoms with E-state index in [-0.39, 0.29) is 0 Å². The molecule has 5 heteroatoms. The lowest BCUT2D eigenvalue weighted by molar-refractivity contribution is 0.813. The van der Waals surface area contributed by atoms with Crippen LogP contribution in [0, 0.1) is 0 Å². The van der Waals surface area contributed by atoms with Crippen molar-refractivity contribution >= 4 is 38.7 Å². The Morgan fingerprint density at radius 1 is 1.25 bits per heavy atom. The summed E-state index contributed by atoms with van der Waals surface area (Å²) in [6, 6.07) is 14.4. The van der Waals surface area contributed by atoms with Crippen LogP contribution in [0.1, 0.15) is 5.56 Å². The average molecular weight is 348 g/mol. The van der Waals surface area contributed by atoms with E-state index in [1.807, 2.05) is 31.3 Å². The largest absolute Gasteiger partial charge is 0.333 e. The van der Waals surface area contributed by atoms with Gasteiger partial charge in [-0.25, -0.2) is 4.98 Å². The van der Waals surface area contributed by atoms with E-state index < -0.39 is 0 Å². The van der Waals surface area contributed by atoms with Crippen LogP contribution in [0.2, 0.25) is 0 Å². The Morgan fingerprint density at radius 3 is 2.85 bits per heavy atom. The molecule has 1 heterocycles. The van der Waals surface area contributed by atoms with Crippen molar-refractivity contribution in [2.24, 2.45) is 0 Å². The Balaban J connectivity index is 1.85. The second kappa shape index (κ2) is 5.99. The molecule has 0 unspecified atom stereocenters. The fraction of sp³-hybridized carbons (Fsp3) is 0.133. The molecule has 0 fully saturated rings. The quantitative estimate of drug-likeness (QED) is 0.743. The highest BCUT2D eigenvalue weighted by Gasteiger charge is 2.06. The van der Waals surface area contributed by atoms with Crippen LogP contribution in [-0.2, 0) is 6.54 Å². The summed E-state index contributed by atoms with van der Waals surface area (Å²) in [5.41, 5.74) is 3.32. The summed E-state index contributed by atoms with van der Waals surface area (Å²) >= 11 is 5.25. The van der Waals surface area contributed by atoms with E-state index in [0.29, 0.717) is 0 Å². The number of fused-ring (bicyclic) bond motifs is 1. The summed E-state index contributed by atoms with van der Waals surface area (Å²) in [5, 5.41) is 4.07. The molecule has 0 aliphatic heterocycles. The molecule has 0 aliphatic carbocycles. The molecule has 3 rings (SSSR count). The number of aromatic amines is 1. The first-order valence-electron chi connectivity index (χ1n) is 6.32. The Morgan fingerprint density at radius 2 is 2.10 bits per heavy atom. The van der Waals surface area contributed by atoms with Crippen molar-refractivity contribution < 1.29 is 0 Å². The number of para-hydroxylation sites is 2. The van der Waals surface area contributed by atoms with Crippen molar-refractivity contribution in [3.8, 4) is 0 Å². The van der Waals surface area contributed by atoms with Crippen molar-refractivity contribution in [2.45, 2.75) is 16.6 Å². The van der Waals surface area contributed by atoms with Crippen LogP contribution in [0.25, 0.3) is 11.0 Å². The van der Waals surface area contributed by atoms with E-state index in [1.165, 1.54) is 5.56 Å². The highest BCUT2D eigenvalue weighted by molar-refractivity contribution is 9.10. The number of benzene rings is 2. The second-order valence-electron chi connectivity index (χ2n) is 4.44. The molecule has 20 heavy (non-hydrogen) atoms. The molecule has 3 nitrogen and oxygen atoms in total. The number of imidazole rings is 1. The second-order valence-corrected chi connectivity index (χ2v) is 6.36. The first kappa shape index (κ1) is 13.7. The number of aromatic nitrogens is 2. The molecule has 0 saturated heterocycles. The van der Waals surface area contributed by atoms with E-state index >= 15 is 0 Å². The van der Waals surface area contributed by atoms with Gasteiger partial charge < -0.3 is 10.3 Å². The Bertz CT molecular complexity index is 706. The zero-order valence-electron chi connectivity index (χ0n) is 11.0. The van der Waals surface area contributed by atoms with Gasteiger partial charge in [0.1, 0.15) is 0 Å². The molecule has 0 radical (unpaired) electrons. The normalized spacial score (nSPS) is 11.1. The Hall–Kier alpha value is -1.30. The van der Waals surface area contributed by atoms with Crippen LogP contribution in [0.15, 0.2) is 57.0 Å². The highest BCUT2D eigenvalue weighted by Crippen LogP contribution is 2.30.